The lowest BCUT2D eigenvalue weighted by Crippen LogP contribution is -2.28. The zero-order chi connectivity index (χ0) is 10.3. The molecule has 0 fully saturated rings. The average molecular weight is 188 g/mol. The zero-order valence-corrected chi connectivity index (χ0v) is 9.67. The van der Waals surface area contributed by atoms with Crippen molar-refractivity contribution in [2.24, 2.45) is 11.8 Å². The summed E-state index contributed by atoms with van der Waals surface area (Å²) in [7, 11) is 0. The summed E-state index contributed by atoms with van der Waals surface area (Å²) in [5, 5.41) is 0. The molecule has 1 aromatic rings. The molecule has 0 saturated carbocycles. The minimum Gasteiger partial charge on any atom is -0.0625 e. The molecular formula is C14H20. The molecule has 0 spiro atoms. The first-order chi connectivity index (χ1) is 6.53. The van der Waals surface area contributed by atoms with Crippen LogP contribution in [-0.4, -0.2) is 0 Å². The Hall–Kier alpha value is -0.780. The van der Waals surface area contributed by atoms with Crippen LogP contribution in [0.3, 0.4) is 0 Å². The third-order valence-electron chi connectivity index (χ3n) is 3.88. The predicted octanol–water partition coefficient (Wildman–Crippen LogP) is 3.79. The third-order valence-corrected chi connectivity index (χ3v) is 3.88. The predicted molar refractivity (Wildman–Crippen MR) is 61.5 cm³/mol. The van der Waals surface area contributed by atoms with E-state index in [1.165, 1.54) is 6.42 Å². The monoisotopic (exact) mass is 188 g/mol. The molecule has 1 aromatic carbocycles. The van der Waals surface area contributed by atoms with Crippen LogP contribution >= 0.6 is 0 Å². The fourth-order valence-corrected chi connectivity index (χ4v) is 3.09. The standard InChI is InChI=1S/C14H20/c1-10(2)13-9-11-7-5-6-8-12(11)14(13,3)4/h5-8,10,13H,9H2,1-4H3. The number of hydrogen-bond donors (Lipinski definition) is 0. The van der Waals surface area contributed by atoms with Crippen molar-refractivity contribution in [3.63, 3.8) is 0 Å². The van der Waals surface area contributed by atoms with E-state index in [-0.39, 0.29) is 0 Å². The second-order valence-electron chi connectivity index (χ2n) is 5.43. The molecule has 14 heavy (non-hydrogen) atoms. The molecule has 0 heterocycles. The van der Waals surface area contributed by atoms with Crippen molar-refractivity contribution in [1.29, 1.82) is 0 Å². The molecule has 1 unspecified atom stereocenters. The molecule has 0 bridgehead atoms. The van der Waals surface area contributed by atoms with Crippen LogP contribution in [0.4, 0.5) is 0 Å². The first-order valence-electron chi connectivity index (χ1n) is 5.62. The topological polar surface area (TPSA) is 0 Å². The molecule has 1 aliphatic carbocycles. The summed E-state index contributed by atoms with van der Waals surface area (Å²) in [6.45, 7) is 9.48. The van der Waals surface area contributed by atoms with E-state index in [1.54, 1.807) is 11.1 Å². The highest BCUT2D eigenvalue weighted by Crippen LogP contribution is 2.45. The van der Waals surface area contributed by atoms with Crippen LogP contribution in [0.1, 0.15) is 38.8 Å². The molecule has 0 aromatic heterocycles. The van der Waals surface area contributed by atoms with Gasteiger partial charge in [0.2, 0.25) is 0 Å². The molecule has 0 aliphatic heterocycles. The highest BCUT2D eigenvalue weighted by molar-refractivity contribution is 5.39. The van der Waals surface area contributed by atoms with E-state index >= 15 is 0 Å². The molecule has 0 amide bonds. The van der Waals surface area contributed by atoms with Gasteiger partial charge in [0.05, 0.1) is 0 Å². The Morgan fingerprint density at radius 1 is 1.21 bits per heavy atom. The Kier molecular flexibility index (Phi) is 2.17. The minimum absolute atomic E-state index is 0.366. The number of hydrogen-bond acceptors (Lipinski definition) is 0. The van der Waals surface area contributed by atoms with E-state index in [0.29, 0.717) is 5.41 Å². The first kappa shape index (κ1) is 9.76. The van der Waals surface area contributed by atoms with Crippen LogP contribution in [0.2, 0.25) is 0 Å². The van der Waals surface area contributed by atoms with Gasteiger partial charge in [0.1, 0.15) is 0 Å². The van der Waals surface area contributed by atoms with Gasteiger partial charge in [-0.2, -0.15) is 0 Å². The van der Waals surface area contributed by atoms with Crippen molar-refractivity contribution in [1.82, 2.24) is 0 Å². The summed E-state index contributed by atoms with van der Waals surface area (Å²) >= 11 is 0. The van der Waals surface area contributed by atoms with Crippen LogP contribution in [0.5, 0.6) is 0 Å². The molecule has 0 radical (unpaired) electrons. The zero-order valence-electron chi connectivity index (χ0n) is 9.67. The maximum absolute atomic E-state index is 2.39. The molecule has 0 N–H and O–H groups in total. The lowest BCUT2D eigenvalue weighted by Gasteiger charge is -2.31. The molecule has 76 valence electrons. The Balaban J connectivity index is 2.45. The van der Waals surface area contributed by atoms with Gasteiger partial charge in [0.15, 0.2) is 0 Å². The van der Waals surface area contributed by atoms with Crippen molar-refractivity contribution in [3.05, 3.63) is 35.4 Å². The van der Waals surface area contributed by atoms with Gasteiger partial charge in [0.25, 0.3) is 0 Å². The summed E-state index contributed by atoms with van der Waals surface area (Å²) in [4.78, 5) is 0. The second kappa shape index (κ2) is 3.12. The van der Waals surface area contributed by atoms with Crippen LogP contribution in [0.25, 0.3) is 0 Å². The lowest BCUT2D eigenvalue weighted by molar-refractivity contribution is 0.265. The highest BCUT2D eigenvalue weighted by atomic mass is 14.4. The van der Waals surface area contributed by atoms with Gasteiger partial charge in [-0.15, -0.1) is 0 Å². The smallest absolute Gasteiger partial charge is 0.00670 e. The summed E-state index contributed by atoms with van der Waals surface area (Å²) < 4.78 is 0. The van der Waals surface area contributed by atoms with Crippen molar-refractivity contribution < 1.29 is 0 Å². The average Bonchev–Trinajstić information content (AvgIpc) is 2.39. The van der Waals surface area contributed by atoms with Crippen molar-refractivity contribution in [3.8, 4) is 0 Å². The van der Waals surface area contributed by atoms with Gasteiger partial charge in [-0.25, -0.2) is 0 Å². The molecule has 1 atom stereocenters. The lowest BCUT2D eigenvalue weighted by atomic mass is 9.73. The van der Waals surface area contributed by atoms with Crippen molar-refractivity contribution >= 4 is 0 Å². The van der Waals surface area contributed by atoms with Crippen molar-refractivity contribution in [2.45, 2.75) is 39.5 Å². The third kappa shape index (κ3) is 1.28. The molecular weight excluding hydrogens is 168 g/mol. The van der Waals surface area contributed by atoms with Gasteiger partial charge in [-0.05, 0) is 34.8 Å². The molecule has 0 saturated heterocycles. The number of benzene rings is 1. The Bertz CT molecular complexity index is 334. The molecule has 2 rings (SSSR count). The van der Waals surface area contributed by atoms with E-state index in [2.05, 4.69) is 52.0 Å². The summed E-state index contributed by atoms with van der Waals surface area (Å²) in [6.07, 6.45) is 1.26. The van der Waals surface area contributed by atoms with E-state index < -0.39 is 0 Å². The Morgan fingerprint density at radius 2 is 1.86 bits per heavy atom. The first-order valence-corrected chi connectivity index (χ1v) is 5.62. The second-order valence-corrected chi connectivity index (χ2v) is 5.43. The number of fused-ring (bicyclic) bond motifs is 1. The highest BCUT2D eigenvalue weighted by Gasteiger charge is 2.40. The minimum atomic E-state index is 0.366. The molecule has 0 heteroatoms. The van der Waals surface area contributed by atoms with Gasteiger partial charge in [-0.1, -0.05) is 52.0 Å². The fraction of sp³-hybridized carbons (Fsp3) is 0.571. The van der Waals surface area contributed by atoms with E-state index in [1.807, 2.05) is 0 Å². The Labute approximate surface area is 87.3 Å². The summed E-state index contributed by atoms with van der Waals surface area (Å²) in [6, 6.07) is 8.93. The summed E-state index contributed by atoms with van der Waals surface area (Å²) in [5.74, 6) is 1.58. The maximum atomic E-state index is 2.39. The van der Waals surface area contributed by atoms with Gasteiger partial charge < -0.3 is 0 Å². The van der Waals surface area contributed by atoms with E-state index in [0.717, 1.165) is 11.8 Å². The van der Waals surface area contributed by atoms with Crippen LogP contribution in [-0.2, 0) is 11.8 Å². The Morgan fingerprint density at radius 3 is 2.43 bits per heavy atom. The van der Waals surface area contributed by atoms with E-state index in [9.17, 15) is 0 Å². The van der Waals surface area contributed by atoms with Crippen LogP contribution < -0.4 is 0 Å². The fourth-order valence-electron chi connectivity index (χ4n) is 3.09. The number of rotatable bonds is 1. The maximum Gasteiger partial charge on any atom is -0.00670 e. The van der Waals surface area contributed by atoms with Gasteiger partial charge in [-0.3, -0.25) is 0 Å². The summed E-state index contributed by atoms with van der Waals surface area (Å²) in [5.41, 5.74) is 3.50. The SMILES string of the molecule is CC(C)C1Cc2ccccc2C1(C)C. The van der Waals surface area contributed by atoms with Gasteiger partial charge >= 0.3 is 0 Å². The molecule has 0 nitrogen and oxygen atoms in total. The van der Waals surface area contributed by atoms with E-state index in [4.69, 9.17) is 0 Å². The van der Waals surface area contributed by atoms with Crippen LogP contribution in [0.15, 0.2) is 24.3 Å². The molecule has 1 aliphatic rings. The normalized spacial score (nSPS) is 23.9. The van der Waals surface area contributed by atoms with Crippen LogP contribution in [0, 0.1) is 11.8 Å². The van der Waals surface area contributed by atoms with Gasteiger partial charge in [0, 0.05) is 0 Å². The largest absolute Gasteiger partial charge is 0.0625 e. The van der Waals surface area contributed by atoms with Crippen molar-refractivity contribution in [2.75, 3.05) is 0 Å². The quantitative estimate of drug-likeness (QED) is 0.629.